The van der Waals surface area contributed by atoms with Gasteiger partial charge in [-0.3, -0.25) is 33.3 Å². The number of aliphatic hydroxyl groups is 13. The average molecular weight is 1820 g/mol. The van der Waals surface area contributed by atoms with Gasteiger partial charge in [0.15, 0.2) is 37.6 Å². The number of nitrogens with one attached hydrogen (secondary N) is 4. The third kappa shape index (κ3) is 41.1. The van der Waals surface area contributed by atoms with Crippen molar-refractivity contribution in [1.29, 1.82) is 0 Å². The minimum absolute atomic E-state index is 0.0442. The van der Waals surface area contributed by atoms with E-state index >= 15 is 0 Å². The summed E-state index contributed by atoms with van der Waals surface area (Å²) in [5, 5.41) is 150. The fourth-order valence-electron chi connectivity index (χ4n) is 14.9. The molecule has 5 aliphatic heterocycles. The molecule has 38 nitrogen and oxygen atoms in total. The van der Waals surface area contributed by atoms with E-state index in [1.54, 1.807) is 14.0 Å². The Kier molecular flexibility index (Phi) is 57.4. The van der Waals surface area contributed by atoms with Crippen molar-refractivity contribution in [1.82, 2.24) is 21.3 Å². The smallest absolute Gasteiger partial charge is 0.327 e. The van der Waals surface area contributed by atoms with Gasteiger partial charge in [0.2, 0.25) is 23.6 Å². The van der Waals surface area contributed by atoms with Crippen LogP contribution in [0.5, 0.6) is 0 Å². The van der Waals surface area contributed by atoms with Crippen LogP contribution in [0.15, 0.2) is 24.3 Å². The first-order chi connectivity index (χ1) is 59.9. The van der Waals surface area contributed by atoms with Crippen LogP contribution in [-0.4, -0.2) is 335 Å². The first-order valence-electron chi connectivity index (χ1n) is 45.5. The standard InChI is InChI=1S/C49H91N2O9P.C37H64N2O25/c1-6-9-12-15-17-19-20-21-22-23-24-25-27-29-32-39-48(54)60-45(43-59-61(5,56)58-41-40-51-47(53)38-34-33-37-46(52)50-4)42-57-49(55)44(35-30-14-11-8-3)36-31-28-26-18-16-13-10-7-2;1-5-6-55-33-18(38-12(3)44)24(50)29(17(10-43)60-33)61-36-28(54)31(23(49)16(9-42)58-36)63-34-19(39-13(4)45)30(22(48)15(8-41)57-34)62-37-32(26(52)21(47)14(7-40)59-37)64-35-27(53)25(51)20(46)11(2)56-35/h21-22,31,36,44-45H,6-20,23-30,32-35,37-43H2,1-5H3,(H,50,52)(H,51,53);11,14-37,40-43,46-54H,5-10H2,1-4H3,(H,38,44)(H,39,45)/b22-21-,36-31+;/t44?,45-,61?;11?,14?,15?,16?,17?,18?,19?,20-,21+,22-,23+,24-,25+,26+,27?,28?,29-,30-,31+,32?,33-,34+,35+,36+,37+/m11/s1. The van der Waals surface area contributed by atoms with Crippen molar-refractivity contribution in [2.45, 2.75) is 407 Å². The molecule has 0 radical (unpaired) electrons. The van der Waals surface area contributed by atoms with Crippen LogP contribution >= 0.6 is 7.60 Å². The summed E-state index contributed by atoms with van der Waals surface area (Å²) in [4.78, 5) is 74.8. The first-order valence-corrected chi connectivity index (χ1v) is 47.5. The summed E-state index contributed by atoms with van der Waals surface area (Å²) < 4.78 is 93.9. The molecule has 0 aromatic carbocycles. The number of carbonyl (C=O) groups is 6. The normalized spacial score (nSPS) is 31.1. The van der Waals surface area contributed by atoms with Crippen LogP contribution in [0.4, 0.5) is 0 Å². The molecule has 5 heterocycles. The van der Waals surface area contributed by atoms with Crippen molar-refractivity contribution in [3.8, 4) is 0 Å². The molecule has 12 unspecified atom stereocenters. The highest BCUT2D eigenvalue weighted by molar-refractivity contribution is 7.52. The zero-order valence-corrected chi connectivity index (χ0v) is 75.9. The molecule has 5 saturated heterocycles. The second kappa shape index (κ2) is 63.6. The molecule has 0 spiro atoms. The number of ether oxygens (including phenoxy) is 12. The third-order valence-corrected chi connectivity index (χ3v) is 23.5. The van der Waals surface area contributed by atoms with E-state index in [0.29, 0.717) is 38.5 Å². The van der Waals surface area contributed by atoms with E-state index in [1.807, 2.05) is 6.08 Å². The molecule has 0 aromatic heterocycles. The summed E-state index contributed by atoms with van der Waals surface area (Å²) >= 11 is 0. The zero-order chi connectivity index (χ0) is 92.4. The van der Waals surface area contributed by atoms with E-state index in [1.165, 1.54) is 97.6 Å². The molecule has 5 fully saturated rings. The SMILES string of the molecule is CCCCCCCC/C=C\CCCCCCCC(=O)O[C@H](COC(=O)C(/C=C/CCCCCCCC)CCCCCC)COP(C)(=O)OCCNC(=O)CCCCC(=O)NC.CCCO[C@@H]1OC(CO)[C@@H](O[C@@H]2OC(CO)[C@H](O)[C@H](O[C@@H]3OC(CO)[C@@H](O)[C@H](O[C@@H]4OC(CO)[C@H](O)[C@H](O)C4O[C@@H]4OC(C)[C@@H](O)[C@H](O)C4O)C3NC(C)=O)C2O)[C@H](O)C1NC(C)=O. The highest BCUT2D eigenvalue weighted by Gasteiger charge is 2.58. The molecule has 17 N–H and O–H groups in total. The monoisotopic (exact) mass is 1820 g/mol. The van der Waals surface area contributed by atoms with Crippen LogP contribution in [0.2, 0.25) is 0 Å². The molecule has 0 bridgehead atoms. The van der Waals surface area contributed by atoms with Gasteiger partial charge in [-0.15, -0.1) is 0 Å². The molecule has 0 aliphatic carbocycles. The van der Waals surface area contributed by atoms with E-state index in [4.69, 9.17) is 65.9 Å². The average Bonchev–Trinajstić information content (AvgIpc) is 0.764. The number of carbonyl (C=O) groups excluding carboxylic acids is 6. The maximum atomic E-state index is 13.4. The number of hydrogen-bond donors (Lipinski definition) is 17. The lowest BCUT2D eigenvalue weighted by Gasteiger charge is -2.51. The van der Waals surface area contributed by atoms with Gasteiger partial charge < -0.3 is 154 Å². The summed E-state index contributed by atoms with van der Waals surface area (Å²) in [7, 11) is -2.03. The van der Waals surface area contributed by atoms with Gasteiger partial charge in [-0.25, -0.2) is 0 Å². The summed E-state index contributed by atoms with van der Waals surface area (Å²) in [6.45, 7) is 9.45. The Labute approximate surface area is 737 Å². The van der Waals surface area contributed by atoms with E-state index in [2.05, 4.69) is 60.3 Å². The minimum atomic E-state index is -3.61. The molecular formula is C86H155N4O34P. The van der Waals surface area contributed by atoms with Crippen LogP contribution < -0.4 is 21.3 Å². The first kappa shape index (κ1) is 113. The number of hydrogen-bond acceptors (Lipinski definition) is 34. The van der Waals surface area contributed by atoms with Crippen molar-refractivity contribution in [3.63, 3.8) is 0 Å². The third-order valence-electron chi connectivity index (χ3n) is 22.3. The van der Waals surface area contributed by atoms with Gasteiger partial charge in [-0.05, 0) is 77.6 Å². The number of aliphatic hydroxyl groups excluding tert-OH is 13. The van der Waals surface area contributed by atoms with Crippen LogP contribution in [0.1, 0.15) is 248 Å². The number of rotatable bonds is 61. The fraction of sp³-hybridized carbons (Fsp3) is 0.884. The van der Waals surface area contributed by atoms with Crippen molar-refractivity contribution in [2.24, 2.45) is 5.92 Å². The molecule has 728 valence electrons. The Morgan fingerprint density at radius 2 is 0.912 bits per heavy atom. The Bertz CT molecular complexity index is 3070. The van der Waals surface area contributed by atoms with Gasteiger partial charge in [0.1, 0.15) is 122 Å². The minimum Gasteiger partial charge on any atom is -0.461 e. The number of unbranched alkanes of at least 4 members (excludes halogenated alkanes) is 21. The molecule has 5 rings (SSSR count). The summed E-state index contributed by atoms with van der Waals surface area (Å²) in [5.41, 5.74) is 0. The highest BCUT2D eigenvalue weighted by Crippen LogP contribution is 2.44. The van der Waals surface area contributed by atoms with Crippen molar-refractivity contribution in [3.05, 3.63) is 24.3 Å². The van der Waals surface area contributed by atoms with Crippen LogP contribution in [0.3, 0.4) is 0 Å². The summed E-state index contributed by atoms with van der Waals surface area (Å²) in [6.07, 6.45) is -1.77. The Balaban J connectivity index is 0.000000525. The largest absolute Gasteiger partial charge is 0.461 e. The molecule has 125 heavy (non-hydrogen) atoms. The summed E-state index contributed by atoms with van der Waals surface area (Å²) in [6, 6.07) is -2.99. The van der Waals surface area contributed by atoms with Crippen LogP contribution in [-0.2, 0) is 99.2 Å². The lowest BCUT2D eigenvalue weighted by atomic mass is 9.94. The second-order valence-electron chi connectivity index (χ2n) is 32.9. The maximum Gasteiger partial charge on any atom is 0.327 e. The quantitative estimate of drug-likeness (QED) is 0.0179. The molecule has 4 amide bonds. The predicted octanol–water partition coefficient (Wildman–Crippen LogP) is 3.48. The molecule has 0 saturated carbocycles. The highest BCUT2D eigenvalue weighted by atomic mass is 31.2. The Morgan fingerprint density at radius 1 is 0.432 bits per heavy atom. The van der Waals surface area contributed by atoms with E-state index in [-0.39, 0.29) is 63.6 Å². The predicted molar refractivity (Wildman–Crippen MR) is 453 cm³/mol. The molecular weight excluding hydrogens is 1660 g/mol. The van der Waals surface area contributed by atoms with Crippen molar-refractivity contribution >= 4 is 43.2 Å². The van der Waals surface area contributed by atoms with E-state index in [9.17, 15) is 99.7 Å². The fourth-order valence-corrected chi connectivity index (χ4v) is 15.9. The zero-order valence-electron chi connectivity index (χ0n) is 75.0. The second-order valence-corrected chi connectivity index (χ2v) is 35.0. The summed E-state index contributed by atoms with van der Waals surface area (Å²) in [5.74, 6) is -2.83. The lowest BCUT2D eigenvalue weighted by molar-refractivity contribution is -0.389. The number of allylic oxidation sites excluding steroid dienone is 3. The van der Waals surface area contributed by atoms with Crippen molar-refractivity contribution < 1.29 is 166 Å². The maximum absolute atomic E-state index is 13.4. The lowest BCUT2D eigenvalue weighted by Crippen LogP contribution is -2.70. The number of esters is 2. The van der Waals surface area contributed by atoms with E-state index < -0.39 is 217 Å². The molecule has 5 aliphatic rings. The Hall–Kier alpha value is -4.47. The molecule has 0 aromatic rings. The van der Waals surface area contributed by atoms with Gasteiger partial charge in [0.25, 0.3) is 0 Å². The molecule has 28 atom stereocenters. The van der Waals surface area contributed by atoms with Gasteiger partial charge >= 0.3 is 19.5 Å². The van der Waals surface area contributed by atoms with E-state index in [0.717, 1.165) is 77.6 Å². The molecule has 39 heteroatoms. The van der Waals surface area contributed by atoms with Gasteiger partial charge in [-0.2, -0.15) is 0 Å². The van der Waals surface area contributed by atoms with Gasteiger partial charge in [0, 0.05) is 60.0 Å². The van der Waals surface area contributed by atoms with Gasteiger partial charge in [-0.1, -0.05) is 161 Å². The van der Waals surface area contributed by atoms with Gasteiger partial charge in [0.05, 0.1) is 51.7 Å². The van der Waals surface area contributed by atoms with Crippen LogP contribution in [0, 0.1) is 5.92 Å². The van der Waals surface area contributed by atoms with Crippen molar-refractivity contribution in [2.75, 3.05) is 73.1 Å². The van der Waals surface area contributed by atoms with Crippen LogP contribution in [0.25, 0.3) is 0 Å². The Morgan fingerprint density at radius 3 is 1.49 bits per heavy atom. The number of amides is 4. The topological polar surface area (TPSA) is 560 Å².